The van der Waals surface area contributed by atoms with Crippen LogP contribution in [0.1, 0.15) is 13.3 Å². The van der Waals surface area contributed by atoms with Gasteiger partial charge in [0.1, 0.15) is 12.4 Å². The first-order valence-electron chi connectivity index (χ1n) is 6.65. The number of benzene rings is 1. The molecule has 0 aliphatic carbocycles. The standard InChI is InChI=1S/C15H22N2O3/c1-3-9-20-14-6-4-5-13(10-14)17-15(19)16-11-12(2)7-8-18/h3-6,10,12,18H,1,7-9,11H2,2H3,(H2,16,17,19). The van der Waals surface area contributed by atoms with Crippen LogP contribution >= 0.6 is 0 Å². The molecule has 0 aliphatic rings. The van der Waals surface area contributed by atoms with Gasteiger partial charge in [0.25, 0.3) is 0 Å². The predicted molar refractivity (Wildman–Crippen MR) is 80.0 cm³/mol. The second-order valence-electron chi connectivity index (χ2n) is 4.58. The Morgan fingerprint density at radius 2 is 2.35 bits per heavy atom. The third-order valence-corrected chi connectivity index (χ3v) is 2.69. The molecule has 0 aromatic heterocycles. The Morgan fingerprint density at radius 3 is 3.05 bits per heavy atom. The molecule has 110 valence electrons. The maximum absolute atomic E-state index is 11.7. The van der Waals surface area contributed by atoms with Gasteiger partial charge >= 0.3 is 6.03 Å². The maximum atomic E-state index is 11.7. The van der Waals surface area contributed by atoms with E-state index in [1.54, 1.807) is 18.2 Å². The molecule has 20 heavy (non-hydrogen) atoms. The normalized spacial score (nSPS) is 11.5. The van der Waals surface area contributed by atoms with E-state index in [1.165, 1.54) is 0 Å². The van der Waals surface area contributed by atoms with Crippen LogP contribution < -0.4 is 15.4 Å². The van der Waals surface area contributed by atoms with Gasteiger partial charge in [-0.3, -0.25) is 0 Å². The molecule has 0 bridgehead atoms. The summed E-state index contributed by atoms with van der Waals surface area (Å²) in [6.07, 6.45) is 2.33. The number of hydrogen-bond acceptors (Lipinski definition) is 3. The lowest BCUT2D eigenvalue weighted by molar-refractivity contribution is 0.243. The number of aliphatic hydroxyl groups excluding tert-OH is 1. The van der Waals surface area contributed by atoms with Gasteiger partial charge < -0.3 is 20.5 Å². The molecule has 0 radical (unpaired) electrons. The monoisotopic (exact) mass is 278 g/mol. The van der Waals surface area contributed by atoms with Crippen molar-refractivity contribution in [2.24, 2.45) is 5.92 Å². The van der Waals surface area contributed by atoms with Crippen molar-refractivity contribution in [1.29, 1.82) is 0 Å². The molecular weight excluding hydrogens is 256 g/mol. The zero-order valence-corrected chi connectivity index (χ0v) is 11.8. The van der Waals surface area contributed by atoms with Crippen LogP contribution in [-0.2, 0) is 0 Å². The number of amides is 2. The average Bonchev–Trinajstić information content (AvgIpc) is 2.44. The van der Waals surface area contributed by atoms with Crippen molar-refractivity contribution >= 4 is 11.7 Å². The first-order chi connectivity index (χ1) is 9.65. The summed E-state index contributed by atoms with van der Waals surface area (Å²) in [6.45, 7) is 6.64. The quantitative estimate of drug-likeness (QED) is 0.639. The number of hydrogen-bond donors (Lipinski definition) is 3. The summed E-state index contributed by atoms with van der Waals surface area (Å²) < 4.78 is 5.39. The Balaban J connectivity index is 2.43. The first-order valence-corrected chi connectivity index (χ1v) is 6.65. The van der Waals surface area contributed by atoms with E-state index in [0.717, 1.165) is 0 Å². The fourth-order valence-electron chi connectivity index (χ4n) is 1.58. The number of carbonyl (C=O) groups excluding carboxylic acids is 1. The van der Waals surface area contributed by atoms with Crippen LogP contribution in [0.5, 0.6) is 5.75 Å². The van der Waals surface area contributed by atoms with Crippen LogP contribution in [0.3, 0.4) is 0 Å². The Morgan fingerprint density at radius 1 is 1.55 bits per heavy atom. The van der Waals surface area contributed by atoms with Gasteiger partial charge in [0.15, 0.2) is 0 Å². The third kappa shape index (κ3) is 6.24. The smallest absolute Gasteiger partial charge is 0.319 e. The molecule has 0 fully saturated rings. The van der Waals surface area contributed by atoms with E-state index in [1.807, 2.05) is 19.1 Å². The summed E-state index contributed by atoms with van der Waals surface area (Å²) in [6, 6.07) is 6.89. The molecule has 1 aromatic carbocycles. The topological polar surface area (TPSA) is 70.6 Å². The second kappa shape index (κ2) is 8.98. The van der Waals surface area contributed by atoms with Crippen molar-refractivity contribution in [3.63, 3.8) is 0 Å². The van der Waals surface area contributed by atoms with E-state index in [4.69, 9.17) is 9.84 Å². The molecular formula is C15H22N2O3. The van der Waals surface area contributed by atoms with Crippen molar-refractivity contribution in [2.75, 3.05) is 25.1 Å². The van der Waals surface area contributed by atoms with Crippen LogP contribution in [-0.4, -0.2) is 30.9 Å². The zero-order valence-electron chi connectivity index (χ0n) is 11.8. The minimum atomic E-state index is -0.268. The Hall–Kier alpha value is -2.01. The maximum Gasteiger partial charge on any atom is 0.319 e. The number of carbonyl (C=O) groups is 1. The van der Waals surface area contributed by atoms with Crippen LogP contribution in [0.15, 0.2) is 36.9 Å². The van der Waals surface area contributed by atoms with Crippen LogP contribution in [0.4, 0.5) is 10.5 Å². The number of urea groups is 1. The molecule has 1 atom stereocenters. The number of nitrogens with one attached hydrogen (secondary N) is 2. The highest BCUT2D eigenvalue weighted by Crippen LogP contribution is 2.17. The van der Waals surface area contributed by atoms with Crippen molar-refractivity contribution in [2.45, 2.75) is 13.3 Å². The summed E-state index contributed by atoms with van der Waals surface area (Å²) in [4.78, 5) is 11.7. The Kier molecular flexibility index (Phi) is 7.21. The molecule has 5 nitrogen and oxygen atoms in total. The first kappa shape index (κ1) is 16.0. The Labute approximate surface area is 119 Å². The van der Waals surface area contributed by atoms with Gasteiger partial charge in [0.05, 0.1) is 0 Å². The van der Waals surface area contributed by atoms with Crippen molar-refractivity contribution in [3.8, 4) is 5.75 Å². The van der Waals surface area contributed by atoms with Gasteiger partial charge in [0.2, 0.25) is 0 Å². The van der Waals surface area contributed by atoms with Gasteiger partial charge in [-0.15, -0.1) is 0 Å². The van der Waals surface area contributed by atoms with Crippen molar-refractivity contribution < 1.29 is 14.6 Å². The molecule has 0 spiro atoms. The van der Waals surface area contributed by atoms with Gasteiger partial charge in [-0.1, -0.05) is 25.6 Å². The highest BCUT2D eigenvalue weighted by molar-refractivity contribution is 5.89. The second-order valence-corrected chi connectivity index (χ2v) is 4.58. The Bertz CT molecular complexity index is 435. The van der Waals surface area contributed by atoms with Gasteiger partial charge in [0, 0.05) is 24.9 Å². The zero-order chi connectivity index (χ0) is 14.8. The molecule has 1 unspecified atom stereocenters. The molecule has 0 heterocycles. The number of aliphatic hydroxyl groups is 1. The van der Waals surface area contributed by atoms with Gasteiger partial charge in [-0.05, 0) is 24.5 Å². The molecule has 1 rings (SSSR count). The minimum absolute atomic E-state index is 0.132. The summed E-state index contributed by atoms with van der Waals surface area (Å²) in [5.41, 5.74) is 0.666. The highest BCUT2D eigenvalue weighted by Gasteiger charge is 2.05. The lowest BCUT2D eigenvalue weighted by atomic mass is 10.1. The molecule has 2 amide bonds. The molecule has 0 saturated heterocycles. The summed E-state index contributed by atoms with van der Waals surface area (Å²) >= 11 is 0. The van der Waals surface area contributed by atoms with E-state index in [-0.39, 0.29) is 18.6 Å². The van der Waals surface area contributed by atoms with Crippen molar-refractivity contribution in [1.82, 2.24) is 5.32 Å². The van der Waals surface area contributed by atoms with Crippen LogP contribution in [0.25, 0.3) is 0 Å². The van der Waals surface area contributed by atoms with Crippen LogP contribution in [0.2, 0.25) is 0 Å². The van der Waals surface area contributed by atoms with Crippen LogP contribution in [0, 0.1) is 5.92 Å². The number of anilines is 1. The fourth-order valence-corrected chi connectivity index (χ4v) is 1.58. The van der Waals surface area contributed by atoms with E-state index >= 15 is 0 Å². The summed E-state index contributed by atoms with van der Waals surface area (Å²) in [5, 5.41) is 14.3. The molecule has 5 heteroatoms. The van der Waals surface area contributed by atoms with E-state index < -0.39 is 0 Å². The summed E-state index contributed by atoms with van der Waals surface area (Å²) in [5.74, 6) is 0.921. The van der Waals surface area contributed by atoms with Crippen molar-refractivity contribution in [3.05, 3.63) is 36.9 Å². The van der Waals surface area contributed by atoms with E-state index in [2.05, 4.69) is 17.2 Å². The highest BCUT2D eigenvalue weighted by atomic mass is 16.5. The van der Waals surface area contributed by atoms with E-state index in [0.29, 0.717) is 31.0 Å². The SMILES string of the molecule is C=CCOc1cccc(NC(=O)NCC(C)CCO)c1. The lowest BCUT2D eigenvalue weighted by Gasteiger charge is -2.12. The van der Waals surface area contributed by atoms with E-state index in [9.17, 15) is 4.79 Å². The third-order valence-electron chi connectivity index (χ3n) is 2.69. The number of ether oxygens (including phenoxy) is 1. The fraction of sp³-hybridized carbons (Fsp3) is 0.400. The molecule has 0 saturated carbocycles. The van der Waals surface area contributed by atoms with Gasteiger partial charge in [-0.2, -0.15) is 0 Å². The minimum Gasteiger partial charge on any atom is -0.489 e. The molecule has 3 N–H and O–H groups in total. The number of rotatable bonds is 8. The average molecular weight is 278 g/mol. The predicted octanol–water partition coefficient (Wildman–Crippen LogP) is 2.39. The van der Waals surface area contributed by atoms with Gasteiger partial charge in [-0.25, -0.2) is 4.79 Å². The molecule has 0 aliphatic heterocycles. The lowest BCUT2D eigenvalue weighted by Crippen LogP contribution is -2.32. The summed E-state index contributed by atoms with van der Waals surface area (Å²) in [7, 11) is 0. The molecule has 1 aromatic rings. The largest absolute Gasteiger partial charge is 0.489 e.